The first kappa shape index (κ1) is 27.3. The first-order valence-corrected chi connectivity index (χ1v) is 13.3. The molecule has 12 heteroatoms. The van der Waals surface area contributed by atoms with E-state index in [0.29, 0.717) is 39.2 Å². The number of amides is 1. The van der Waals surface area contributed by atoms with Crippen LogP contribution in [0.4, 0.5) is 17.1 Å². The Morgan fingerprint density at radius 2 is 1.74 bits per heavy atom. The van der Waals surface area contributed by atoms with Crippen molar-refractivity contribution in [2.24, 2.45) is 10.2 Å². The smallest absolute Gasteiger partial charge is 0.298 e. The predicted molar refractivity (Wildman–Crippen MR) is 146 cm³/mol. The first-order valence-electron chi connectivity index (χ1n) is 11.1. The lowest BCUT2D eigenvalue weighted by Crippen LogP contribution is -2.13. The number of carbonyl (C=O) groups is 1. The fourth-order valence-corrected chi connectivity index (χ4v) is 5.22. The van der Waals surface area contributed by atoms with Crippen LogP contribution in [0.25, 0.3) is 10.8 Å². The van der Waals surface area contributed by atoms with E-state index < -0.39 is 26.7 Å². The number of ether oxygens (including phenoxy) is 1. The number of halogens is 2. The number of benzene rings is 4. The second-order valence-electron chi connectivity index (χ2n) is 8.05. The van der Waals surface area contributed by atoms with Crippen molar-refractivity contribution < 1.29 is 27.6 Å². The third-order valence-corrected chi connectivity index (χ3v) is 7.30. The molecule has 4 aromatic carbocycles. The van der Waals surface area contributed by atoms with E-state index in [1.54, 1.807) is 49.4 Å². The molecule has 0 atom stereocenters. The normalized spacial score (nSPS) is 11.7. The summed E-state index contributed by atoms with van der Waals surface area (Å²) in [6.45, 7) is 1.76. The van der Waals surface area contributed by atoms with Gasteiger partial charge in [-0.25, -0.2) is 0 Å². The van der Waals surface area contributed by atoms with Crippen LogP contribution in [0, 0.1) is 0 Å². The van der Waals surface area contributed by atoms with E-state index in [1.165, 1.54) is 25.3 Å². The average molecular weight is 574 g/mol. The maximum atomic E-state index is 13.2. The zero-order chi connectivity index (χ0) is 27.6. The Bertz CT molecular complexity index is 1710. The maximum Gasteiger partial charge on any atom is 0.298 e. The summed E-state index contributed by atoms with van der Waals surface area (Å²) in [7, 11) is -3.33. The Morgan fingerprint density at radius 1 is 1.03 bits per heavy atom. The number of hydrogen-bond donors (Lipinski definition) is 3. The quantitative estimate of drug-likeness (QED) is 0.156. The van der Waals surface area contributed by atoms with Crippen molar-refractivity contribution in [3.63, 3.8) is 0 Å². The number of nitrogens with zero attached hydrogens (tertiary/aromatic N) is 2. The Labute approximate surface area is 228 Å². The van der Waals surface area contributed by atoms with Crippen LogP contribution in [0.3, 0.4) is 0 Å². The third-order valence-electron chi connectivity index (χ3n) is 5.71. The molecule has 9 nitrogen and oxygen atoms in total. The molecular formula is C26H21Cl2N3O6S. The first-order chi connectivity index (χ1) is 18.0. The lowest BCUT2D eigenvalue weighted by Gasteiger charge is -2.13. The van der Waals surface area contributed by atoms with E-state index in [1.807, 2.05) is 0 Å². The number of methoxy groups -OCH3 is 1. The summed E-state index contributed by atoms with van der Waals surface area (Å²) in [5, 5.41) is 23.2. The summed E-state index contributed by atoms with van der Waals surface area (Å²) in [6.07, 6.45) is 0.353. The van der Waals surface area contributed by atoms with Gasteiger partial charge in [-0.1, -0.05) is 60.5 Å². The summed E-state index contributed by atoms with van der Waals surface area (Å²) in [5.74, 6) is -0.843. The molecule has 0 heterocycles. The minimum absolute atomic E-state index is 0.0837. The summed E-state index contributed by atoms with van der Waals surface area (Å²) in [6, 6.07) is 15.9. The lowest BCUT2D eigenvalue weighted by molar-refractivity contribution is 0.102. The monoisotopic (exact) mass is 573 g/mol. The van der Waals surface area contributed by atoms with Crippen LogP contribution < -0.4 is 10.1 Å². The molecule has 0 saturated carbocycles. The topological polar surface area (TPSA) is 138 Å². The standard InChI is InChI=1S/C26H21Cl2N3O6S/c1-3-14-8-10-19(28)25(38(34,35)36)22(14)30-31-23-17-7-5-4-6-15(17)12-18(24(23)32)26(33)29-20-11-9-16(27)13-21(20)37-2/h4-13,32H,3H2,1-2H3,(H,29,33)(H,34,35,36). The van der Waals surface area contributed by atoms with Crippen LogP contribution in [-0.4, -0.2) is 31.1 Å². The highest BCUT2D eigenvalue weighted by Crippen LogP contribution is 2.42. The van der Waals surface area contributed by atoms with Gasteiger partial charge in [0.2, 0.25) is 0 Å². The molecule has 0 radical (unpaired) electrons. The van der Waals surface area contributed by atoms with Crippen LogP contribution in [0.2, 0.25) is 10.0 Å². The average Bonchev–Trinajstić information content (AvgIpc) is 2.88. The van der Waals surface area contributed by atoms with Crippen molar-refractivity contribution >= 4 is 67.1 Å². The molecule has 38 heavy (non-hydrogen) atoms. The van der Waals surface area contributed by atoms with Crippen molar-refractivity contribution in [3.05, 3.63) is 81.8 Å². The van der Waals surface area contributed by atoms with Crippen molar-refractivity contribution in [1.29, 1.82) is 0 Å². The van der Waals surface area contributed by atoms with Gasteiger partial charge in [0.1, 0.15) is 22.0 Å². The van der Waals surface area contributed by atoms with Gasteiger partial charge in [-0.05, 0) is 41.6 Å². The Morgan fingerprint density at radius 3 is 2.42 bits per heavy atom. The van der Waals surface area contributed by atoms with Gasteiger partial charge in [-0.2, -0.15) is 8.42 Å². The van der Waals surface area contributed by atoms with Gasteiger partial charge >= 0.3 is 0 Å². The zero-order valence-corrected chi connectivity index (χ0v) is 22.4. The van der Waals surface area contributed by atoms with E-state index in [9.17, 15) is 22.9 Å². The number of nitrogens with one attached hydrogen (secondary N) is 1. The molecule has 0 bridgehead atoms. The molecule has 0 fully saturated rings. The Hall–Kier alpha value is -3.70. The van der Waals surface area contributed by atoms with Crippen molar-refractivity contribution in [2.45, 2.75) is 18.2 Å². The molecular weight excluding hydrogens is 553 g/mol. The van der Waals surface area contributed by atoms with E-state index >= 15 is 0 Å². The third kappa shape index (κ3) is 5.44. The van der Waals surface area contributed by atoms with E-state index in [0.717, 1.165) is 0 Å². The number of azo groups is 1. The highest BCUT2D eigenvalue weighted by atomic mass is 35.5. The summed E-state index contributed by atoms with van der Waals surface area (Å²) >= 11 is 12.1. The number of aryl methyl sites for hydroxylation is 1. The molecule has 196 valence electrons. The van der Waals surface area contributed by atoms with E-state index in [-0.39, 0.29) is 22.0 Å². The van der Waals surface area contributed by atoms with E-state index in [4.69, 9.17) is 27.9 Å². The summed E-state index contributed by atoms with van der Waals surface area (Å²) < 4.78 is 39.2. The van der Waals surface area contributed by atoms with Crippen LogP contribution in [0.5, 0.6) is 11.5 Å². The molecule has 4 aromatic rings. The number of aromatic hydroxyl groups is 1. The molecule has 0 aliphatic heterocycles. The van der Waals surface area contributed by atoms with Crippen LogP contribution in [-0.2, 0) is 16.5 Å². The number of phenols is 1. The maximum absolute atomic E-state index is 13.2. The molecule has 0 aromatic heterocycles. The fraction of sp³-hybridized carbons (Fsp3) is 0.115. The molecule has 0 aliphatic carbocycles. The van der Waals surface area contributed by atoms with Crippen molar-refractivity contribution in [1.82, 2.24) is 0 Å². The number of hydrogen-bond acceptors (Lipinski definition) is 7. The number of phenolic OH excluding ortho intramolecular Hbond substituents is 1. The van der Waals surface area contributed by atoms with Gasteiger partial charge in [0.15, 0.2) is 5.75 Å². The van der Waals surface area contributed by atoms with Crippen LogP contribution in [0.15, 0.2) is 75.8 Å². The van der Waals surface area contributed by atoms with Gasteiger partial charge in [-0.15, -0.1) is 10.2 Å². The molecule has 1 amide bonds. The van der Waals surface area contributed by atoms with Gasteiger partial charge < -0.3 is 15.2 Å². The second kappa shape index (κ2) is 11.0. The zero-order valence-electron chi connectivity index (χ0n) is 20.1. The summed E-state index contributed by atoms with van der Waals surface area (Å²) in [4.78, 5) is 12.6. The highest BCUT2D eigenvalue weighted by molar-refractivity contribution is 7.86. The van der Waals surface area contributed by atoms with Gasteiger partial charge in [0, 0.05) is 16.5 Å². The number of anilines is 1. The summed E-state index contributed by atoms with van der Waals surface area (Å²) in [5.41, 5.74) is 0.387. The number of rotatable bonds is 7. The molecule has 0 unspecified atom stereocenters. The largest absolute Gasteiger partial charge is 0.505 e. The number of fused-ring (bicyclic) bond motifs is 1. The Balaban J connectivity index is 1.87. The molecule has 0 aliphatic rings. The molecule has 4 rings (SSSR count). The molecule has 3 N–H and O–H groups in total. The van der Waals surface area contributed by atoms with E-state index in [2.05, 4.69) is 15.5 Å². The van der Waals surface area contributed by atoms with Crippen molar-refractivity contribution in [2.75, 3.05) is 12.4 Å². The highest BCUT2D eigenvalue weighted by Gasteiger charge is 2.24. The van der Waals surface area contributed by atoms with Crippen LogP contribution >= 0.6 is 23.2 Å². The molecule has 0 spiro atoms. The SMILES string of the molecule is CCc1ccc(Cl)c(S(=O)(=O)O)c1N=Nc1c(O)c(C(=O)Nc2ccc(Cl)cc2OC)cc2ccccc12. The van der Waals surface area contributed by atoms with Gasteiger partial charge in [0.05, 0.1) is 23.4 Å². The number of carbonyl (C=O) groups excluding carboxylic acids is 1. The molecule has 0 saturated heterocycles. The lowest BCUT2D eigenvalue weighted by atomic mass is 10.0. The fourth-order valence-electron chi connectivity index (χ4n) is 3.88. The van der Waals surface area contributed by atoms with Gasteiger partial charge in [-0.3, -0.25) is 9.35 Å². The van der Waals surface area contributed by atoms with Crippen LogP contribution in [0.1, 0.15) is 22.8 Å². The minimum atomic E-state index is -4.75. The Kier molecular flexibility index (Phi) is 7.89. The minimum Gasteiger partial charge on any atom is -0.505 e. The second-order valence-corrected chi connectivity index (χ2v) is 10.3. The van der Waals surface area contributed by atoms with Crippen molar-refractivity contribution in [3.8, 4) is 11.5 Å². The van der Waals surface area contributed by atoms with Gasteiger partial charge in [0.25, 0.3) is 16.0 Å². The predicted octanol–water partition coefficient (Wildman–Crippen LogP) is 7.34.